The second kappa shape index (κ2) is 7.08. The Kier molecular flexibility index (Phi) is 4.69. The van der Waals surface area contributed by atoms with Crippen molar-refractivity contribution < 1.29 is 13.7 Å². The summed E-state index contributed by atoms with van der Waals surface area (Å²) in [6, 6.07) is 11.1. The van der Waals surface area contributed by atoms with Crippen molar-refractivity contribution in [2.75, 3.05) is 6.54 Å². The standard InChI is InChI=1S/C17H18N4O3/c1-11(2)17-20-19-15(23-17)8-9-18-16(22)13-10-14(24-21-13)12-6-4-3-5-7-12/h3-7,10-11H,8-9H2,1-2H3,(H,18,22). The van der Waals surface area contributed by atoms with Gasteiger partial charge in [0.25, 0.3) is 5.91 Å². The summed E-state index contributed by atoms with van der Waals surface area (Å²) in [5, 5.41) is 14.5. The minimum absolute atomic E-state index is 0.187. The van der Waals surface area contributed by atoms with Crippen LogP contribution in [0.15, 0.2) is 45.3 Å². The second-order valence-corrected chi connectivity index (χ2v) is 5.64. The summed E-state index contributed by atoms with van der Waals surface area (Å²) >= 11 is 0. The third-order valence-electron chi connectivity index (χ3n) is 3.40. The second-order valence-electron chi connectivity index (χ2n) is 5.64. The Morgan fingerprint density at radius 1 is 1.21 bits per heavy atom. The van der Waals surface area contributed by atoms with Gasteiger partial charge in [0.1, 0.15) is 0 Å². The number of amides is 1. The summed E-state index contributed by atoms with van der Waals surface area (Å²) in [4.78, 5) is 12.1. The van der Waals surface area contributed by atoms with Gasteiger partial charge in [0.15, 0.2) is 11.5 Å². The fourth-order valence-corrected chi connectivity index (χ4v) is 2.10. The van der Waals surface area contributed by atoms with Crippen molar-refractivity contribution in [3.05, 3.63) is 53.9 Å². The third kappa shape index (κ3) is 3.68. The number of hydrogen-bond acceptors (Lipinski definition) is 6. The molecule has 7 heteroatoms. The van der Waals surface area contributed by atoms with Crippen LogP contribution in [0.1, 0.15) is 42.0 Å². The topological polar surface area (TPSA) is 94.1 Å². The molecule has 3 rings (SSSR count). The maximum atomic E-state index is 12.1. The average Bonchev–Trinajstić information content (AvgIpc) is 3.25. The Morgan fingerprint density at radius 2 is 2.00 bits per heavy atom. The van der Waals surface area contributed by atoms with Gasteiger partial charge in [-0.15, -0.1) is 10.2 Å². The van der Waals surface area contributed by atoms with E-state index in [4.69, 9.17) is 8.94 Å². The first kappa shape index (κ1) is 15.9. The van der Waals surface area contributed by atoms with E-state index in [1.165, 1.54) is 0 Å². The van der Waals surface area contributed by atoms with Crippen LogP contribution in [0, 0.1) is 0 Å². The molecule has 2 aromatic heterocycles. The highest BCUT2D eigenvalue weighted by Gasteiger charge is 2.14. The predicted octanol–water partition coefficient (Wildman–Crippen LogP) is 2.82. The molecular weight excluding hydrogens is 308 g/mol. The molecule has 3 aromatic rings. The zero-order valence-corrected chi connectivity index (χ0v) is 13.5. The van der Waals surface area contributed by atoms with Crippen molar-refractivity contribution in [1.29, 1.82) is 0 Å². The normalized spacial score (nSPS) is 11.0. The van der Waals surface area contributed by atoms with E-state index in [1.54, 1.807) is 6.07 Å². The summed E-state index contributed by atoms with van der Waals surface area (Å²) < 4.78 is 10.7. The highest BCUT2D eigenvalue weighted by molar-refractivity contribution is 5.93. The molecule has 7 nitrogen and oxygen atoms in total. The SMILES string of the molecule is CC(C)c1nnc(CCNC(=O)c2cc(-c3ccccc3)on2)o1. The minimum Gasteiger partial charge on any atom is -0.425 e. The van der Waals surface area contributed by atoms with E-state index in [2.05, 4.69) is 20.7 Å². The van der Waals surface area contributed by atoms with Gasteiger partial charge >= 0.3 is 0 Å². The quantitative estimate of drug-likeness (QED) is 0.748. The first-order valence-corrected chi connectivity index (χ1v) is 7.76. The van der Waals surface area contributed by atoms with E-state index in [9.17, 15) is 4.79 Å². The lowest BCUT2D eigenvalue weighted by Gasteiger charge is -1.99. The van der Waals surface area contributed by atoms with Crippen LogP contribution in [-0.4, -0.2) is 27.8 Å². The smallest absolute Gasteiger partial charge is 0.273 e. The lowest BCUT2D eigenvalue weighted by atomic mass is 10.1. The Morgan fingerprint density at radius 3 is 2.71 bits per heavy atom. The zero-order chi connectivity index (χ0) is 16.9. The van der Waals surface area contributed by atoms with Crippen LogP contribution in [0.4, 0.5) is 0 Å². The predicted molar refractivity (Wildman–Crippen MR) is 86.4 cm³/mol. The van der Waals surface area contributed by atoms with Gasteiger partial charge in [-0.1, -0.05) is 49.3 Å². The molecule has 1 aromatic carbocycles. The molecule has 0 atom stereocenters. The van der Waals surface area contributed by atoms with Crippen molar-refractivity contribution in [2.24, 2.45) is 0 Å². The van der Waals surface area contributed by atoms with Crippen LogP contribution in [0.25, 0.3) is 11.3 Å². The maximum absolute atomic E-state index is 12.1. The van der Waals surface area contributed by atoms with Gasteiger partial charge in [0.2, 0.25) is 11.8 Å². The molecule has 0 aliphatic heterocycles. The van der Waals surface area contributed by atoms with Gasteiger partial charge in [-0.2, -0.15) is 0 Å². The molecule has 0 unspecified atom stereocenters. The first-order chi connectivity index (χ1) is 11.6. The minimum atomic E-state index is -0.301. The van der Waals surface area contributed by atoms with Crippen LogP contribution in [-0.2, 0) is 6.42 Å². The van der Waals surface area contributed by atoms with E-state index in [0.29, 0.717) is 30.5 Å². The number of nitrogens with one attached hydrogen (secondary N) is 1. The van der Waals surface area contributed by atoms with Crippen molar-refractivity contribution in [3.63, 3.8) is 0 Å². The molecule has 0 bridgehead atoms. The van der Waals surface area contributed by atoms with E-state index in [0.717, 1.165) is 5.56 Å². The molecule has 0 aliphatic rings. The van der Waals surface area contributed by atoms with Gasteiger partial charge in [0, 0.05) is 30.5 Å². The van der Waals surface area contributed by atoms with Gasteiger partial charge < -0.3 is 14.3 Å². The Hall–Kier alpha value is -2.96. The van der Waals surface area contributed by atoms with Crippen molar-refractivity contribution in [2.45, 2.75) is 26.2 Å². The summed E-state index contributed by atoms with van der Waals surface area (Å²) in [6.07, 6.45) is 0.467. The van der Waals surface area contributed by atoms with Crippen molar-refractivity contribution in [3.8, 4) is 11.3 Å². The fraction of sp³-hybridized carbons (Fsp3) is 0.294. The number of carbonyl (C=O) groups is 1. The molecule has 0 aliphatic carbocycles. The highest BCUT2D eigenvalue weighted by atomic mass is 16.5. The fourth-order valence-electron chi connectivity index (χ4n) is 2.10. The molecule has 124 valence electrons. The monoisotopic (exact) mass is 326 g/mol. The molecule has 2 heterocycles. The van der Waals surface area contributed by atoms with Crippen LogP contribution in [0.3, 0.4) is 0 Å². The summed E-state index contributed by atoms with van der Waals surface area (Å²) in [5.41, 5.74) is 1.11. The van der Waals surface area contributed by atoms with Gasteiger partial charge in [-0.3, -0.25) is 4.79 Å². The van der Waals surface area contributed by atoms with Gasteiger partial charge in [-0.25, -0.2) is 0 Å². The number of benzene rings is 1. The first-order valence-electron chi connectivity index (χ1n) is 7.76. The molecule has 0 saturated heterocycles. The lowest BCUT2D eigenvalue weighted by Crippen LogP contribution is -2.26. The zero-order valence-electron chi connectivity index (χ0n) is 13.5. The summed E-state index contributed by atoms with van der Waals surface area (Å²) in [5.74, 6) is 1.54. The number of carbonyl (C=O) groups excluding carboxylic acids is 1. The molecule has 1 N–H and O–H groups in total. The molecule has 0 spiro atoms. The van der Waals surface area contributed by atoms with Crippen LogP contribution >= 0.6 is 0 Å². The number of hydrogen-bond donors (Lipinski definition) is 1. The Labute approximate surface area is 139 Å². The average molecular weight is 326 g/mol. The summed E-state index contributed by atoms with van der Waals surface area (Å²) in [6.45, 7) is 4.34. The highest BCUT2D eigenvalue weighted by Crippen LogP contribution is 2.19. The number of nitrogens with zero attached hydrogens (tertiary/aromatic N) is 3. The van der Waals surface area contributed by atoms with Crippen molar-refractivity contribution in [1.82, 2.24) is 20.7 Å². The van der Waals surface area contributed by atoms with E-state index < -0.39 is 0 Å². The maximum Gasteiger partial charge on any atom is 0.273 e. The van der Waals surface area contributed by atoms with Crippen LogP contribution in [0.2, 0.25) is 0 Å². The number of aromatic nitrogens is 3. The molecule has 0 fully saturated rings. The van der Waals surface area contributed by atoms with E-state index in [-0.39, 0.29) is 17.5 Å². The number of rotatable bonds is 6. The Bertz CT molecular complexity index is 808. The van der Waals surface area contributed by atoms with Gasteiger partial charge in [0.05, 0.1) is 0 Å². The molecule has 24 heavy (non-hydrogen) atoms. The molecule has 0 saturated carbocycles. The Balaban J connectivity index is 1.54. The van der Waals surface area contributed by atoms with E-state index >= 15 is 0 Å². The molecular formula is C17H18N4O3. The van der Waals surface area contributed by atoms with Crippen molar-refractivity contribution >= 4 is 5.91 Å². The third-order valence-corrected chi connectivity index (χ3v) is 3.40. The van der Waals surface area contributed by atoms with Gasteiger partial charge in [-0.05, 0) is 0 Å². The molecule has 1 amide bonds. The lowest BCUT2D eigenvalue weighted by molar-refractivity contribution is 0.0944. The molecule has 0 radical (unpaired) electrons. The summed E-state index contributed by atoms with van der Waals surface area (Å²) in [7, 11) is 0. The largest absolute Gasteiger partial charge is 0.425 e. The van der Waals surface area contributed by atoms with E-state index in [1.807, 2.05) is 44.2 Å². The van der Waals surface area contributed by atoms with Crippen LogP contribution in [0.5, 0.6) is 0 Å². The van der Waals surface area contributed by atoms with Crippen LogP contribution < -0.4 is 5.32 Å².